The van der Waals surface area contributed by atoms with E-state index in [-0.39, 0.29) is 11.3 Å². The molecule has 0 bridgehead atoms. The Morgan fingerprint density at radius 3 is 2.40 bits per heavy atom. The standard InChI is InChI=1S/C14H17ClN4O/c1-8-6-9(2)10(3)11(7-8)20-14-17-12(15)16-13(18-14)19(4)5/h6-7H,1-5H3. The Hall–Kier alpha value is -1.88. The first kappa shape index (κ1) is 14.5. The Labute approximate surface area is 123 Å². The van der Waals surface area contributed by atoms with Gasteiger partial charge < -0.3 is 9.64 Å². The third kappa shape index (κ3) is 3.17. The summed E-state index contributed by atoms with van der Waals surface area (Å²) in [5.41, 5.74) is 3.34. The molecule has 0 fully saturated rings. The fraction of sp³-hybridized carbons (Fsp3) is 0.357. The van der Waals surface area contributed by atoms with E-state index in [2.05, 4.69) is 21.0 Å². The zero-order valence-corrected chi connectivity index (χ0v) is 13.0. The fourth-order valence-corrected chi connectivity index (χ4v) is 1.92. The van der Waals surface area contributed by atoms with Crippen LogP contribution in [0.25, 0.3) is 0 Å². The summed E-state index contributed by atoms with van der Waals surface area (Å²) in [5, 5.41) is 0.112. The van der Waals surface area contributed by atoms with E-state index in [1.165, 1.54) is 0 Å². The molecule has 0 N–H and O–H groups in total. The largest absolute Gasteiger partial charge is 0.424 e. The molecule has 5 nitrogen and oxygen atoms in total. The topological polar surface area (TPSA) is 51.1 Å². The van der Waals surface area contributed by atoms with Crippen molar-refractivity contribution < 1.29 is 4.74 Å². The van der Waals surface area contributed by atoms with Gasteiger partial charge in [-0.25, -0.2) is 0 Å². The van der Waals surface area contributed by atoms with Crippen LogP contribution in [-0.4, -0.2) is 29.0 Å². The van der Waals surface area contributed by atoms with E-state index >= 15 is 0 Å². The quantitative estimate of drug-likeness (QED) is 0.869. The van der Waals surface area contributed by atoms with Crippen LogP contribution in [0.5, 0.6) is 11.8 Å². The van der Waals surface area contributed by atoms with Gasteiger partial charge >= 0.3 is 6.01 Å². The number of aromatic nitrogens is 3. The molecule has 0 saturated carbocycles. The second kappa shape index (κ2) is 5.63. The number of anilines is 1. The van der Waals surface area contributed by atoms with Crippen molar-refractivity contribution in [3.63, 3.8) is 0 Å². The number of aryl methyl sites for hydroxylation is 2. The summed E-state index contributed by atoms with van der Waals surface area (Å²) in [6.07, 6.45) is 0. The van der Waals surface area contributed by atoms with Gasteiger partial charge in [-0.2, -0.15) is 15.0 Å². The number of nitrogens with zero attached hydrogens (tertiary/aromatic N) is 4. The molecular formula is C14H17ClN4O. The van der Waals surface area contributed by atoms with Crippen molar-refractivity contribution in [2.24, 2.45) is 0 Å². The number of hydrogen-bond donors (Lipinski definition) is 0. The molecule has 106 valence electrons. The van der Waals surface area contributed by atoms with Gasteiger partial charge in [-0.15, -0.1) is 0 Å². The maximum absolute atomic E-state index is 5.89. The Morgan fingerprint density at radius 2 is 1.75 bits per heavy atom. The summed E-state index contributed by atoms with van der Waals surface area (Å²) in [6.45, 7) is 6.06. The van der Waals surface area contributed by atoms with Crippen LogP contribution < -0.4 is 9.64 Å². The minimum Gasteiger partial charge on any atom is -0.424 e. The molecule has 6 heteroatoms. The number of benzene rings is 1. The molecule has 2 rings (SSSR count). The number of hydrogen-bond acceptors (Lipinski definition) is 5. The molecule has 0 amide bonds. The summed E-state index contributed by atoms with van der Waals surface area (Å²) < 4.78 is 5.77. The van der Waals surface area contributed by atoms with Gasteiger partial charge in [0.25, 0.3) is 0 Å². The van der Waals surface area contributed by atoms with E-state index in [0.29, 0.717) is 5.95 Å². The van der Waals surface area contributed by atoms with Gasteiger partial charge in [-0.1, -0.05) is 6.07 Å². The molecule has 0 atom stereocenters. The van der Waals surface area contributed by atoms with Gasteiger partial charge in [0.2, 0.25) is 11.2 Å². The predicted molar refractivity (Wildman–Crippen MR) is 79.9 cm³/mol. The van der Waals surface area contributed by atoms with Crippen molar-refractivity contribution >= 4 is 17.5 Å². The zero-order chi connectivity index (χ0) is 14.9. The van der Waals surface area contributed by atoms with Crippen molar-refractivity contribution in [1.82, 2.24) is 15.0 Å². The van der Waals surface area contributed by atoms with Gasteiger partial charge in [0, 0.05) is 14.1 Å². The first-order valence-electron chi connectivity index (χ1n) is 6.21. The maximum Gasteiger partial charge on any atom is 0.328 e. The summed E-state index contributed by atoms with van der Waals surface area (Å²) in [4.78, 5) is 14.0. The SMILES string of the molecule is Cc1cc(C)c(C)c(Oc2nc(Cl)nc(N(C)C)n2)c1. The van der Waals surface area contributed by atoms with Gasteiger partial charge in [0.05, 0.1) is 0 Å². The van der Waals surface area contributed by atoms with Crippen molar-refractivity contribution in [3.05, 3.63) is 34.1 Å². The highest BCUT2D eigenvalue weighted by atomic mass is 35.5. The third-order valence-corrected chi connectivity index (χ3v) is 3.11. The van der Waals surface area contributed by atoms with Gasteiger partial charge in [0.1, 0.15) is 5.75 Å². The lowest BCUT2D eigenvalue weighted by Gasteiger charge is -2.13. The lowest BCUT2D eigenvalue weighted by Crippen LogP contribution is -2.13. The van der Waals surface area contributed by atoms with Crippen LogP contribution in [0, 0.1) is 20.8 Å². The molecule has 0 aliphatic heterocycles. The lowest BCUT2D eigenvalue weighted by atomic mass is 10.1. The summed E-state index contributed by atoms with van der Waals surface area (Å²) >= 11 is 5.89. The van der Waals surface area contributed by atoms with E-state index < -0.39 is 0 Å². The summed E-state index contributed by atoms with van der Waals surface area (Å²) in [5.74, 6) is 1.19. The zero-order valence-electron chi connectivity index (χ0n) is 12.2. The van der Waals surface area contributed by atoms with Crippen molar-refractivity contribution in [2.75, 3.05) is 19.0 Å². The summed E-state index contributed by atoms with van der Waals surface area (Å²) in [6, 6.07) is 4.25. The maximum atomic E-state index is 5.89. The molecule has 1 aromatic heterocycles. The van der Waals surface area contributed by atoms with E-state index in [1.807, 2.05) is 40.9 Å². The van der Waals surface area contributed by atoms with E-state index in [1.54, 1.807) is 4.90 Å². The van der Waals surface area contributed by atoms with E-state index in [9.17, 15) is 0 Å². The van der Waals surface area contributed by atoms with Crippen LogP contribution in [0.4, 0.5) is 5.95 Å². The minimum atomic E-state index is 0.112. The van der Waals surface area contributed by atoms with Crippen molar-refractivity contribution in [1.29, 1.82) is 0 Å². The third-order valence-electron chi connectivity index (χ3n) is 2.94. The highest BCUT2D eigenvalue weighted by Crippen LogP contribution is 2.27. The second-order valence-electron chi connectivity index (χ2n) is 4.89. The molecule has 0 aliphatic carbocycles. The Bertz CT molecular complexity index is 643. The van der Waals surface area contributed by atoms with Gasteiger partial charge in [0.15, 0.2) is 0 Å². The van der Waals surface area contributed by atoms with E-state index in [4.69, 9.17) is 16.3 Å². The van der Waals surface area contributed by atoms with Gasteiger partial charge in [-0.3, -0.25) is 0 Å². The smallest absolute Gasteiger partial charge is 0.328 e. The monoisotopic (exact) mass is 292 g/mol. The predicted octanol–water partition coefficient (Wildman–Crippen LogP) is 3.31. The number of halogens is 1. The van der Waals surface area contributed by atoms with Crippen LogP contribution in [0.15, 0.2) is 12.1 Å². The molecule has 2 aromatic rings. The van der Waals surface area contributed by atoms with Gasteiger partial charge in [-0.05, 0) is 55.1 Å². The Balaban J connectivity index is 2.40. The molecular weight excluding hydrogens is 276 g/mol. The lowest BCUT2D eigenvalue weighted by molar-refractivity contribution is 0.436. The number of ether oxygens (including phenoxy) is 1. The molecule has 1 aromatic carbocycles. The molecule has 0 saturated heterocycles. The molecule has 20 heavy (non-hydrogen) atoms. The van der Waals surface area contributed by atoms with Crippen molar-refractivity contribution in [3.8, 4) is 11.8 Å². The average molecular weight is 293 g/mol. The molecule has 1 heterocycles. The van der Waals surface area contributed by atoms with Crippen LogP contribution in [0.3, 0.4) is 0 Å². The first-order valence-corrected chi connectivity index (χ1v) is 6.59. The molecule has 0 spiro atoms. The minimum absolute atomic E-state index is 0.112. The van der Waals surface area contributed by atoms with Crippen LogP contribution >= 0.6 is 11.6 Å². The molecule has 0 radical (unpaired) electrons. The van der Waals surface area contributed by atoms with Crippen LogP contribution in [0.1, 0.15) is 16.7 Å². The van der Waals surface area contributed by atoms with Crippen molar-refractivity contribution in [2.45, 2.75) is 20.8 Å². The fourth-order valence-electron chi connectivity index (χ4n) is 1.77. The highest BCUT2D eigenvalue weighted by molar-refractivity contribution is 6.28. The van der Waals surface area contributed by atoms with Crippen LogP contribution in [0.2, 0.25) is 5.28 Å². The number of rotatable bonds is 3. The Kier molecular flexibility index (Phi) is 4.09. The van der Waals surface area contributed by atoms with E-state index in [0.717, 1.165) is 22.4 Å². The summed E-state index contributed by atoms with van der Waals surface area (Å²) in [7, 11) is 3.66. The van der Waals surface area contributed by atoms with Crippen LogP contribution in [-0.2, 0) is 0 Å². The highest BCUT2D eigenvalue weighted by Gasteiger charge is 2.11. The first-order chi connectivity index (χ1) is 9.36. The second-order valence-corrected chi connectivity index (χ2v) is 5.23. The molecule has 0 unspecified atom stereocenters. The normalized spacial score (nSPS) is 10.5. The molecule has 0 aliphatic rings. The average Bonchev–Trinajstić information content (AvgIpc) is 2.34. The Morgan fingerprint density at radius 1 is 1.05 bits per heavy atom.